The Morgan fingerprint density at radius 1 is 1.21 bits per heavy atom. The summed E-state index contributed by atoms with van der Waals surface area (Å²) in [4.78, 5) is 11.8. The topological polar surface area (TPSA) is 47.6 Å². The van der Waals surface area contributed by atoms with Crippen LogP contribution in [0.5, 0.6) is 11.5 Å². The van der Waals surface area contributed by atoms with Crippen LogP contribution in [0.15, 0.2) is 24.3 Å². The molecular weight excluding hydrogens is 242 g/mol. The molecule has 0 unspecified atom stereocenters. The maximum Gasteiger partial charge on any atom is 0.260 e. The predicted octanol–water partition coefficient (Wildman–Crippen LogP) is 2.77. The summed E-state index contributed by atoms with van der Waals surface area (Å²) in [6.07, 6.45) is 2.80. The number of carbonyl (C=O) groups excluding carboxylic acids is 1. The molecule has 1 atom stereocenters. The lowest BCUT2D eigenvalue weighted by Crippen LogP contribution is -2.36. The van der Waals surface area contributed by atoms with E-state index >= 15 is 0 Å². The molecular formula is C15H23NO3. The molecule has 0 saturated carbocycles. The Labute approximate surface area is 115 Å². The zero-order chi connectivity index (χ0) is 14.1. The van der Waals surface area contributed by atoms with Crippen LogP contribution < -0.4 is 14.8 Å². The quantitative estimate of drug-likeness (QED) is 0.735. The molecule has 1 rings (SSSR count). The van der Waals surface area contributed by atoms with E-state index in [1.807, 2.05) is 0 Å². The highest BCUT2D eigenvalue weighted by atomic mass is 16.5. The van der Waals surface area contributed by atoms with Crippen LogP contribution in [0.4, 0.5) is 0 Å². The van der Waals surface area contributed by atoms with Crippen LogP contribution in [-0.2, 0) is 4.79 Å². The number of hydrogen-bond donors (Lipinski definition) is 1. The van der Waals surface area contributed by atoms with Gasteiger partial charge in [0.05, 0.1) is 7.11 Å². The lowest BCUT2D eigenvalue weighted by molar-refractivity contribution is -0.127. The molecule has 4 heteroatoms. The van der Waals surface area contributed by atoms with Gasteiger partial charge < -0.3 is 14.8 Å². The first kappa shape index (κ1) is 15.3. The normalized spacial score (nSPS) is 11.7. The number of amides is 1. The number of benzene rings is 1. The Balaban J connectivity index is 2.35. The molecule has 0 spiro atoms. The van der Waals surface area contributed by atoms with Crippen molar-refractivity contribution in [1.29, 1.82) is 0 Å². The zero-order valence-electron chi connectivity index (χ0n) is 11.9. The number of nitrogens with one attached hydrogen (secondary N) is 1. The van der Waals surface area contributed by atoms with Crippen LogP contribution in [-0.4, -0.2) is 25.7 Å². The van der Waals surface area contributed by atoms with Crippen molar-refractivity contribution in [3.05, 3.63) is 24.3 Å². The maximum atomic E-state index is 11.8. The fraction of sp³-hybridized carbons (Fsp3) is 0.533. The van der Waals surface area contributed by atoms with E-state index in [1.165, 1.54) is 0 Å². The Morgan fingerprint density at radius 3 is 2.42 bits per heavy atom. The van der Waals surface area contributed by atoms with Crippen molar-refractivity contribution in [2.24, 2.45) is 0 Å². The van der Waals surface area contributed by atoms with Gasteiger partial charge in [-0.1, -0.05) is 19.8 Å². The van der Waals surface area contributed by atoms with Gasteiger partial charge in [-0.3, -0.25) is 4.79 Å². The van der Waals surface area contributed by atoms with Crippen LogP contribution in [0.2, 0.25) is 0 Å². The summed E-state index contributed by atoms with van der Waals surface area (Å²) in [7, 11) is 1.61. The molecule has 0 aliphatic rings. The van der Waals surface area contributed by atoms with Crippen molar-refractivity contribution < 1.29 is 14.3 Å². The minimum absolute atomic E-state index is 0.0769. The number of ether oxygens (including phenoxy) is 2. The molecule has 106 valence electrons. The van der Waals surface area contributed by atoms with Crippen LogP contribution in [0.3, 0.4) is 0 Å². The zero-order valence-corrected chi connectivity index (χ0v) is 11.9. The summed E-state index contributed by atoms with van der Waals surface area (Å²) < 4.78 is 10.6. The first-order chi connectivity index (χ1) is 9.17. The third kappa shape index (κ3) is 5.64. The van der Waals surface area contributed by atoms with Crippen molar-refractivity contribution in [2.45, 2.75) is 39.2 Å². The molecule has 19 heavy (non-hydrogen) atoms. The summed E-state index contributed by atoms with van der Waals surface area (Å²) in [5, 5.41) is 2.87. The standard InChI is InChI=1S/C15H23NO3/c1-4-5-6-11-16-15(17)12(2)19-14-9-7-13(18-3)8-10-14/h7-10,12H,4-6,11H2,1-3H3,(H,16,17)/t12-/m1/s1. The van der Waals surface area contributed by atoms with Crippen LogP contribution in [0, 0.1) is 0 Å². The molecule has 0 aliphatic carbocycles. The van der Waals surface area contributed by atoms with Crippen molar-refractivity contribution in [3.8, 4) is 11.5 Å². The van der Waals surface area contributed by atoms with E-state index in [-0.39, 0.29) is 5.91 Å². The molecule has 0 radical (unpaired) electrons. The first-order valence-electron chi connectivity index (χ1n) is 6.75. The molecule has 0 heterocycles. The smallest absolute Gasteiger partial charge is 0.260 e. The van der Waals surface area contributed by atoms with Gasteiger partial charge in [-0.25, -0.2) is 0 Å². The second-order valence-corrected chi connectivity index (χ2v) is 4.43. The predicted molar refractivity (Wildman–Crippen MR) is 75.6 cm³/mol. The van der Waals surface area contributed by atoms with Crippen molar-refractivity contribution >= 4 is 5.91 Å². The van der Waals surface area contributed by atoms with E-state index in [0.717, 1.165) is 25.0 Å². The van der Waals surface area contributed by atoms with Crippen LogP contribution in [0.25, 0.3) is 0 Å². The van der Waals surface area contributed by atoms with E-state index in [2.05, 4.69) is 12.2 Å². The van der Waals surface area contributed by atoms with Gasteiger partial charge in [0.25, 0.3) is 5.91 Å². The summed E-state index contributed by atoms with van der Waals surface area (Å²) >= 11 is 0. The molecule has 1 amide bonds. The Bertz CT molecular complexity index is 375. The third-order valence-electron chi connectivity index (χ3n) is 2.82. The molecule has 4 nitrogen and oxygen atoms in total. The number of hydrogen-bond acceptors (Lipinski definition) is 3. The van der Waals surface area contributed by atoms with Gasteiger partial charge in [-0.05, 0) is 37.6 Å². The van der Waals surface area contributed by atoms with Crippen molar-refractivity contribution in [2.75, 3.05) is 13.7 Å². The summed E-state index contributed by atoms with van der Waals surface area (Å²) in [6.45, 7) is 4.60. The van der Waals surface area contributed by atoms with Crippen LogP contribution in [0.1, 0.15) is 33.1 Å². The molecule has 0 fully saturated rings. The number of carbonyl (C=O) groups is 1. The van der Waals surface area contributed by atoms with Crippen molar-refractivity contribution in [3.63, 3.8) is 0 Å². The van der Waals surface area contributed by atoms with Gasteiger partial charge >= 0.3 is 0 Å². The molecule has 0 aromatic heterocycles. The highest BCUT2D eigenvalue weighted by Gasteiger charge is 2.13. The van der Waals surface area contributed by atoms with E-state index in [0.29, 0.717) is 12.3 Å². The fourth-order valence-electron chi connectivity index (χ4n) is 1.64. The highest BCUT2D eigenvalue weighted by Crippen LogP contribution is 2.18. The maximum absolute atomic E-state index is 11.8. The lowest BCUT2D eigenvalue weighted by atomic mass is 10.2. The van der Waals surface area contributed by atoms with Gasteiger partial charge in [0.1, 0.15) is 11.5 Å². The number of unbranched alkanes of at least 4 members (excludes halogenated alkanes) is 2. The average molecular weight is 265 g/mol. The molecule has 1 aromatic rings. The van der Waals surface area contributed by atoms with E-state index < -0.39 is 6.10 Å². The van der Waals surface area contributed by atoms with Gasteiger partial charge in [0.15, 0.2) is 6.10 Å². The fourth-order valence-corrected chi connectivity index (χ4v) is 1.64. The van der Waals surface area contributed by atoms with E-state index in [4.69, 9.17) is 9.47 Å². The summed E-state index contributed by atoms with van der Waals surface area (Å²) in [6, 6.07) is 7.20. The minimum atomic E-state index is -0.491. The largest absolute Gasteiger partial charge is 0.497 e. The van der Waals surface area contributed by atoms with Crippen molar-refractivity contribution in [1.82, 2.24) is 5.32 Å². The van der Waals surface area contributed by atoms with Crippen LogP contribution >= 0.6 is 0 Å². The third-order valence-corrected chi connectivity index (χ3v) is 2.82. The Kier molecular flexibility index (Phi) is 6.79. The monoisotopic (exact) mass is 265 g/mol. The average Bonchev–Trinajstić information content (AvgIpc) is 2.44. The highest BCUT2D eigenvalue weighted by molar-refractivity contribution is 5.80. The molecule has 1 N–H and O–H groups in total. The molecule has 0 bridgehead atoms. The Morgan fingerprint density at radius 2 is 1.84 bits per heavy atom. The molecule has 0 aliphatic heterocycles. The molecule has 0 saturated heterocycles. The van der Waals surface area contributed by atoms with Gasteiger partial charge in [-0.2, -0.15) is 0 Å². The second-order valence-electron chi connectivity index (χ2n) is 4.43. The lowest BCUT2D eigenvalue weighted by Gasteiger charge is -2.14. The number of methoxy groups -OCH3 is 1. The summed E-state index contributed by atoms with van der Waals surface area (Å²) in [5.41, 5.74) is 0. The summed E-state index contributed by atoms with van der Waals surface area (Å²) in [5.74, 6) is 1.35. The minimum Gasteiger partial charge on any atom is -0.497 e. The van der Waals surface area contributed by atoms with E-state index in [1.54, 1.807) is 38.3 Å². The van der Waals surface area contributed by atoms with Gasteiger partial charge in [-0.15, -0.1) is 0 Å². The van der Waals surface area contributed by atoms with E-state index in [9.17, 15) is 4.79 Å². The SMILES string of the molecule is CCCCCNC(=O)[C@@H](C)Oc1ccc(OC)cc1. The van der Waals surface area contributed by atoms with Gasteiger partial charge in [0.2, 0.25) is 0 Å². The van der Waals surface area contributed by atoms with Gasteiger partial charge in [0, 0.05) is 6.54 Å². The second kappa shape index (κ2) is 8.40. The first-order valence-corrected chi connectivity index (χ1v) is 6.75. The Hall–Kier alpha value is -1.71. The number of rotatable bonds is 8. The molecule has 1 aromatic carbocycles.